The Balaban J connectivity index is 1.77. The van der Waals surface area contributed by atoms with Gasteiger partial charge in [0.25, 0.3) is 0 Å². The number of fused-ring (bicyclic) bond motifs is 1. The highest BCUT2D eigenvalue weighted by Crippen LogP contribution is 2.31. The summed E-state index contributed by atoms with van der Waals surface area (Å²) in [7, 11) is 1.97. The third-order valence-electron chi connectivity index (χ3n) is 3.81. The summed E-state index contributed by atoms with van der Waals surface area (Å²) in [4.78, 5) is 2.41. The van der Waals surface area contributed by atoms with E-state index in [4.69, 9.17) is 4.74 Å². The lowest BCUT2D eigenvalue weighted by Gasteiger charge is -2.24. The topological polar surface area (TPSA) is 24.5 Å². The number of nitrogens with zero attached hydrogens (tertiary/aromatic N) is 1. The fraction of sp³-hybridized carbons (Fsp3) is 0.333. The van der Waals surface area contributed by atoms with Crippen LogP contribution in [0.5, 0.6) is 5.75 Å². The Kier molecular flexibility index (Phi) is 4.41. The van der Waals surface area contributed by atoms with Gasteiger partial charge in [-0.1, -0.05) is 36.4 Å². The molecule has 1 heterocycles. The van der Waals surface area contributed by atoms with Gasteiger partial charge < -0.3 is 15.0 Å². The molecule has 0 unspecified atom stereocenters. The first-order valence-electron chi connectivity index (χ1n) is 7.56. The fourth-order valence-corrected chi connectivity index (χ4v) is 2.75. The Morgan fingerprint density at radius 2 is 1.81 bits per heavy atom. The molecule has 3 rings (SSSR count). The molecule has 0 spiro atoms. The first-order valence-corrected chi connectivity index (χ1v) is 7.56. The molecule has 0 amide bonds. The first kappa shape index (κ1) is 14.0. The van der Waals surface area contributed by atoms with Gasteiger partial charge in [0.15, 0.2) is 0 Å². The molecule has 21 heavy (non-hydrogen) atoms. The van der Waals surface area contributed by atoms with E-state index in [1.165, 1.54) is 16.8 Å². The summed E-state index contributed by atoms with van der Waals surface area (Å²) in [6.45, 7) is 3.69. The molecule has 0 bridgehead atoms. The maximum absolute atomic E-state index is 5.82. The molecule has 2 aromatic rings. The van der Waals surface area contributed by atoms with Crippen molar-refractivity contribution in [1.82, 2.24) is 5.32 Å². The summed E-state index contributed by atoms with van der Waals surface area (Å²) in [5, 5.41) is 3.18. The number of hydrogen-bond donors (Lipinski definition) is 1. The Hall–Kier alpha value is -2.00. The molecule has 1 N–H and O–H groups in total. The number of rotatable bonds is 4. The van der Waals surface area contributed by atoms with Gasteiger partial charge in [-0.2, -0.15) is 0 Å². The lowest BCUT2D eigenvalue weighted by molar-refractivity contribution is 0.322. The highest BCUT2D eigenvalue weighted by atomic mass is 16.5. The Labute approximate surface area is 126 Å². The average molecular weight is 282 g/mol. The van der Waals surface area contributed by atoms with Crippen LogP contribution in [0.4, 0.5) is 5.69 Å². The van der Waals surface area contributed by atoms with Crippen molar-refractivity contribution in [2.45, 2.75) is 19.5 Å². The number of para-hydroxylation sites is 2. The average Bonchev–Trinajstić information content (AvgIpc) is 2.72. The number of ether oxygens (including phenoxy) is 1. The van der Waals surface area contributed by atoms with Crippen LogP contribution in [0.3, 0.4) is 0 Å². The summed E-state index contributed by atoms with van der Waals surface area (Å²) in [6.07, 6.45) is 1.06. The standard InChI is InChI=1S/C18H22N2O/c1-19-13-15-7-9-16(10-8-15)14-20-11-4-12-21-18-6-3-2-5-17(18)20/h2-3,5-10,19H,4,11-14H2,1H3. The normalized spacial score (nSPS) is 14.2. The van der Waals surface area contributed by atoms with Gasteiger partial charge in [-0.15, -0.1) is 0 Å². The second-order valence-electron chi connectivity index (χ2n) is 5.44. The zero-order chi connectivity index (χ0) is 14.5. The molecule has 2 aromatic carbocycles. The summed E-state index contributed by atoms with van der Waals surface area (Å²) in [5.74, 6) is 1.00. The summed E-state index contributed by atoms with van der Waals surface area (Å²) < 4.78 is 5.82. The molecular weight excluding hydrogens is 260 g/mol. The van der Waals surface area contributed by atoms with Crippen molar-refractivity contribution in [2.24, 2.45) is 0 Å². The van der Waals surface area contributed by atoms with Gasteiger partial charge in [-0.3, -0.25) is 0 Å². The van der Waals surface area contributed by atoms with Crippen molar-refractivity contribution < 1.29 is 4.74 Å². The molecule has 0 atom stereocenters. The molecule has 0 saturated heterocycles. The van der Waals surface area contributed by atoms with Crippen LogP contribution in [0, 0.1) is 0 Å². The fourth-order valence-electron chi connectivity index (χ4n) is 2.75. The van der Waals surface area contributed by atoms with Crippen molar-refractivity contribution >= 4 is 5.69 Å². The molecule has 0 saturated carbocycles. The molecule has 0 aliphatic carbocycles. The van der Waals surface area contributed by atoms with E-state index in [0.717, 1.165) is 38.4 Å². The van der Waals surface area contributed by atoms with Gasteiger partial charge in [0.2, 0.25) is 0 Å². The maximum atomic E-state index is 5.82. The zero-order valence-corrected chi connectivity index (χ0v) is 12.5. The molecule has 0 radical (unpaired) electrons. The number of anilines is 1. The summed E-state index contributed by atoms with van der Waals surface area (Å²) in [5.41, 5.74) is 3.86. The monoisotopic (exact) mass is 282 g/mol. The predicted octanol–water partition coefficient (Wildman–Crippen LogP) is 3.20. The lowest BCUT2D eigenvalue weighted by atomic mass is 10.1. The van der Waals surface area contributed by atoms with Crippen molar-refractivity contribution in [3.8, 4) is 5.75 Å². The second kappa shape index (κ2) is 6.64. The quantitative estimate of drug-likeness (QED) is 0.932. The van der Waals surface area contributed by atoms with Gasteiger partial charge in [-0.05, 0) is 36.7 Å². The van der Waals surface area contributed by atoms with Gasteiger partial charge >= 0.3 is 0 Å². The summed E-state index contributed by atoms with van der Waals surface area (Å²) in [6, 6.07) is 17.2. The minimum Gasteiger partial charge on any atom is -0.491 e. The van der Waals surface area contributed by atoms with E-state index in [1.54, 1.807) is 0 Å². The Bertz CT molecular complexity index is 580. The molecule has 110 valence electrons. The third kappa shape index (κ3) is 3.37. The predicted molar refractivity (Wildman–Crippen MR) is 86.8 cm³/mol. The van der Waals surface area contributed by atoms with E-state index in [2.05, 4.69) is 52.7 Å². The Morgan fingerprint density at radius 3 is 2.62 bits per heavy atom. The second-order valence-corrected chi connectivity index (χ2v) is 5.44. The number of nitrogens with one attached hydrogen (secondary N) is 1. The molecule has 3 nitrogen and oxygen atoms in total. The van der Waals surface area contributed by atoms with Crippen molar-refractivity contribution in [2.75, 3.05) is 25.1 Å². The lowest BCUT2D eigenvalue weighted by Crippen LogP contribution is -2.23. The van der Waals surface area contributed by atoms with E-state index in [-0.39, 0.29) is 0 Å². The van der Waals surface area contributed by atoms with Crippen LogP contribution in [0.1, 0.15) is 17.5 Å². The molecular formula is C18H22N2O. The van der Waals surface area contributed by atoms with Crippen molar-refractivity contribution in [1.29, 1.82) is 0 Å². The zero-order valence-electron chi connectivity index (χ0n) is 12.5. The van der Waals surface area contributed by atoms with Crippen LogP contribution in [0.25, 0.3) is 0 Å². The summed E-state index contributed by atoms with van der Waals surface area (Å²) >= 11 is 0. The largest absolute Gasteiger partial charge is 0.491 e. The van der Waals surface area contributed by atoms with E-state index < -0.39 is 0 Å². The van der Waals surface area contributed by atoms with Crippen LogP contribution in [0.2, 0.25) is 0 Å². The van der Waals surface area contributed by atoms with Gasteiger partial charge in [0, 0.05) is 19.6 Å². The van der Waals surface area contributed by atoms with Crippen LogP contribution in [-0.2, 0) is 13.1 Å². The molecule has 0 fully saturated rings. The molecule has 1 aliphatic rings. The number of hydrogen-bond acceptors (Lipinski definition) is 3. The van der Waals surface area contributed by atoms with Crippen LogP contribution in [-0.4, -0.2) is 20.2 Å². The SMILES string of the molecule is CNCc1ccc(CN2CCCOc3ccccc32)cc1. The molecule has 1 aliphatic heterocycles. The van der Waals surface area contributed by atoms with Crippen LogP contribution in [0.15, 0.2) is 48.5 Å². The number of benzene rings is 2. The van der Waals surface area contributed by atoms with E-state index in [9.17, 15) is 0 Å². The molecule has 3 heteroatoms. The van der Waals surface area contributed by atoms with Gasteiger partial charge in [0.1, 0.15) is 5.75 Å². The molecule has 0 aromatic heterocycles. The minimum atomic E-state index is 0.800. The third-order valence-corrected chi connectivity index (χ3v) is 3.81. The van der Waals surface area contributed by atoms with E-state index in [0.29, 0.717) is 0 Å². The van der Waals surface area contributed by atoms with Gasteiger partial charge in [0.05, 0.1) is 12.3 Å². The van der Waals surface area contributed by atoms with Crippen LogP contribution >= 0.6 is 0 Å². The Morgan fingerprint density at radius 1 is 1.05 bits per heavy atom. The smallest absolute Gasteiger partial charge is 0.142 e. The minimum absolute atomic E-state index is 0.800. The van der Waals surface area contributed by atoms with Crippen molar-refractivity contribution in [3.05, 3.63) is 59.7 Å². The van der Waals surface area contributed by atoms with E-state index in [1.807, 2.05) is 13.1 Å². The van der Waals surface area contributed by atoms with Gasteiger partial charge in [-0.25, -0.2) is 0 Å². The van der Waals surface area contributed by atoms with Crippen LogP contribution < -0.4 is 15.0 Å². The highest BCUT2D eigenvalue weighted by Gasteiger charge is 2.15. The highest BCUT2D eigenvalue weighted by molar-refractivity contribution is 5.59. The first-order chi connectivity index (χ1) is 10.4. The van der Waals surface area contributed by atoms with E-state index >= 15 is 0 Å². The maximum Gasteiger partial charge on any atom is 0.142 e. The van der Waals surface area contributed by atoms with Crippen molar-refractivity contribution in [3.63, 3.8) is 0 Å².